The van der Waals surface area contributed by atoms with Crippen LogP contribution in [0.25, 0.3) is 0 Å². The fraction of sp³-hybridized carbons (Fsp3) is 0.667. The van der Waals surface area contributed by atoms with E-state index in [0.29, 0.717) is 17.9 Å². The van der Waals surface area contributed by atoms with Crippen LogP contribution in [-0.2, 0) is 22.4 Å². The molecule has 0 radical (unpaired) electrons. The predicted octanol–water partition coefficient (Wildman–Crippen LogP) is 2.79. The summed E-state index contributed by atoms with van der Waals surface area (Å²) in [6, 6.07) is 2.30. The zero-order valence-electron chi connectivity index (χ0n) is 14.4. The average Bonchev–Trinajstić information content (AvgIpc) is 2.89. The molecule has 1 saturated heterocycles. The van der Waals surface area contributed by atoms with Crippen molar-refractivity contribution in [3.8, 4) is 6.07 Å². The van der Waals surface area contributed by atoms with Crippen molar-refractivity contribution in [3.63, 3.8) is 0 Å². The molecule has 0 spiro atoms. The average molecular weight is 347 g/mol. The topological polar surface area (TPSA) is 65.4 Å². The van der Waals surface area contributed by atoms with E-state index in [4.69, 9.17) is 4.74 Å². The summed E-state index contributed by atoms with van der Waals surface area (Å²) in [7, 11) is 0. The number of thiophene rings is 1. The van der Waals surface area contributed by atoms with Gasteiger partial charge in [0.1, 0.15) is 11.1 Å². The lowest BCUT2D eigenvalue weighted by Crippen LogP contribution is -2.42. The molecular weight excluding hydrogens is 322 g/mol. The van der Waals surface area contributed by atoms with Crippen LogP contribution in [0.1, 0.15) is 42.7 Å². The van der Waals surface area contributed by atoms with Crippen molar-refractivity contribution < 1.29 is 9.53 Å². The summed E-state index contributed by atoms with van der Waals surface area (Å²) in [6.07, 6.45) is 3.80. The van der Waals surface area contributed by atoms with Gasteiger partial charge < -0.3 is 10.1 Å². The Morgan fingerprint density at radius 2 is 2.33 bits per heavy atom. The second-order valence-corrected chi connectivity index (χ2v) is 8.05. The number of anilines is 1. The SMILES string of the molecule is C[C@@H]1CCc2c(sc(NC(=O)CCN3CCO[C@@H](C)C3)c2C#N)C1. The van der Waals surface area contributed by atoms with E-state index in [2.05, 4.69) is 30.1 Å². The van der Waals surface area contributed by atoms with Gasteiger partial charge in [-0.1, -0.05) is 6.92 Å². The zero-order valence-corrected chi connectivity index (χ0v) is 15.2. The van der Waals surface area contributed by atoms with Gasteiger partial charge in [-0.15, -0.1) is 11.3 Å². The van der Waals surface area contributed by atoms with E-state index >= 15 is 0 Å². The van der Waals surface area contributed by atoms with Gasteiger partial charge in [-0.2, -0.15) is 5.26 Å². The summed E-state index contributed by atoms with van der Waals surface area (Å²) in [5.74, 6) is 0.659. The smallest absolute Gasteiger partial charge is 0.226 e. The van der Waals surface area contributed by atoms with Gasteiger partial charge >= 0.3 is 0 Å². The van der Waals surface area contributed by atoms with Crippen LogP contribution in [0, 0.1) is 17.2 Å². The van der Waals surface area contributed by atoms with Gasteiger partial charge in [0, 0.05) is 30.9 Å². The molecule has 130 valence electrons. The molecule has 5 nitrogen and oxygen atoms in total. The van der Waals surface area contributed by atoms with Crippen LogP contribution in [0.4, 0.5) is 5.00 Å². The molecule has 0 bridgehead atoms. The van der Waals surface area contributed by atoms with Crippen molar-refractivity contribution in [2.24, 2.45) is 5.92 Å². The number of rotatable bonds is 4. The summed E-state index contributed by atoms with van der Waals surface area (Å²) in [4.78, 5) is 15.9. The normalized spacial score (nSPS) is 24.2. The Balaban J connectivity index is 1.59. The molecule has 1 aliphatic heterocycles. The minimum Gasteiger partial charge on any atom is -0.376 e. The highest BCUT2D eigenvalue weighted by Crippen LogP contribution is 2.39. The van der Waals surface area contributed by atoms with E-state index in [9.17, 15) is 10.1 Å². The number of nitriles is 1. The maximum Gasteiger partial charge on any atom is 0.226 e. The highest BCUT2D eigenvalue weighted by atomic mass is 32.1. The van der Waals surface area contributed by atoms with Crippen LogP contribution in [-0.4, -0.2) is 43.2 Å². The van der Waals surface area contributed by atoms with Crippen LogP contribution in [0.5, 0.6) is 0 Å². The number of nitrogens with one attached hydrogen (secondary N) is 1. The molecule has 1 aliphatic carbocycles. The number of hydrogen-bond donors (Lipinski definition) is 1. The molecule has 24 heavy (non-hydrogen) atoms. The van der Waals surface area contributed by atoms with Gasteiger partial charge in [0.15, 0.2) is 0 Å². The fourth-order valence-electron chi connectivity index (χ4n) is 3.50. The molecule has 1 aromatic rings. The van der Waals surface area contributed by atoms with Crippen molar-refractivity contribution in [1.29, 1.82) is 5.26 Å². The van der Waals surface area contributed by atoms with Gasteiger partial charge in [0.2, 0.25) is 5.91 Å². The van der Waals surface area contributed by atoms with Crippen LogP contribution in [0.15, 0.2) is 0 Å². The first-order valence-electron chi connectivity index (χ1n) is 8.75. The standard InChI is InChI=1S/C18H25N3O2S/c1-12-3-4-14-15(10-19)18(24-16(14)9-12)20-17(22)5-6-21-7-8-23-13(2)11-21/h12-13H,3-9,11H2,1-2H3,(H,20,22)/t12-,13+/m1/s1. The third kappa shape index (κ3) is 3.97. The van der Waals surface area contributed by atoms with E-state index in [0.717, 1.165) is 56.1 Å². The Hall–Kier alpha value is -1.42. The number of ether oxygens (including phenoxy) is 1. The van der Waals surface area contributed by atoms with Crippen molar-refractivity contribution >= 4 is 22.2 Å². The fourth-order valence-corrected chi connectivity index (χ4v) is 4.88. The van der Waals surface area contributed by atoms with Gasteiger partial charge in [0.05, 0.1) is 18.3 Å². The first-order valence-corrected chi connectivity index (χ1v) is 9.57. The molecule has 6 heteroatoms. The van der Waals surface area contributed by atoms with Crippen molar-refractivity contribution in [2.75, 3.05) is 31.6 Å². The van der Waals surface area contributed by atoms with Gasteiger partial charge in [-0.3, -0.25) is 9.69 Å². The van der Waals surface area contributed by atoms with Crippen LogP contribution in [0.2, 0.25) is 0 Å². The summed E-state index contributed by atoms with van der Waals surface area (Å²) in [6.45, 7) is 7.54. The molecule has 1 amide bonds. The maximum absolute atomic E-state index is 12.3. The lowest BCUT2D eigenvalue weighted by molar-refractivity contribution is -0.117. The largest absolute Gasteiger partial charge is 0.376 e. The third-order valence-corrected chi connectivity index (χ3v) is 6.03. The van der Waals surface area contributed by atoms with E-state index in [1.807, 2.05) is 0 Å². The second kappa shape index (κ2) is 7.64. The number of nitrogens with zero attached hydrogens (tertiary/aromatic N) is 2. The Bertz CT molecular complexity index is 649. The number of hydrogen-bond acceptors (Lipinski definition) is 5. The zero-order chi connectivity index (χ0) is 17.1. The first-order chi connectivity index (χ1) is 11.6. The van der Waals surface area contributed by atoms with Gasteiger partial charge in [-0.05, 0) is 37.7 Å². The molecule has 1 aromatic heterocycles. The molecule has 2 aliphatic rings. The summed E-state index contributed by atoms with van der Waals surface area (Å²) in [5, 5.41) is 13.2. The lowest BCUT2D eigenvalue weighted by Gasteiger charge is -2.30. The Morgan fingerprint density at radius 3 is 3.08 bits per heavy atom. The molecule has 1 fully saturated rings. The van der Waals surface area contributed by atoms with Crippen LogP contribution < -0.4 is 5.32 Å². The summed E-state index contributed by atoms with van der Waals surface area (Å²) in [5.41, 5.74) is 1.85. The van der Waals surface area contributed by atoms with Crippen LogP contribution >= 0.6 is 11.3 Å². The molecule has 2 heterocycles. The predicted molar refractivity (Wildman–Crippen MR) is 95.3 cm³/mol. The minimum atomic E-state index is -0.00251. The lowest BCUT2D eigenvalue weighted by atomic mass is 9.89. The Morgan fingerprint density at radius 1 is 1.50 bits per heavy atom. The molecule has 2 atom stereocenters. The number of morpholine rings is 1. The second-order valence-electron chi connectivity index (χ2n) is 6.95. The van der Waals surface area contributed by atoms with Crippen molar-refractivity contribution in [1.82, 2.24) is 4.90 Å². The quantitative estimate of drug-likeness (QED) is 0.909. The van der Waals surface area contributed by atoms with E-state index in [1.165, 1.54) is 4.88 Å². The molecular formula is C18H25N3O2S. The van der Waals surface area contributed by atoms with Crippen molar-refractivity contribution in [2.45, 2.75) is 45.6 Å². The van der Waals surface area contributed by atoms with E-state index in [-0.39, 0.29) is 12.0 Å². The number of amides is 1. The highest BCUT2D eigenvalue weighted by molar-refractivity contribution is 7.16. The number of carbonyl (C=O) groups excluding carboxylic acids is 1. The van der Waals surface area contributed by atoms with Gasteiger partial charge in [-0.25, -0.2) is 0 Å². The molecule has 0 saturated carbocycles. The Kier molecular flexibility index (Phi) is 5.54. The summed E-state index contributed by atoms with van der Waals surface area (Å²) < 4.78 is 5.52. The maximum atomic E-state index is 12.3. The molecule has 0 unspecified atom stereocenters. The van der Waals surface area contributed by atoms with E-state index < -0.39 is 0 Å². The summed E-state index contributed by atoms with van der Waals surface area (Å²) >= 11 is 1.59. The van der Waals surface area contributed by atoms with E-state index in [1.54, 1.807) is 11.3 Å². The number of carbonyl (C=O) groups is 1. The minimum absolute atomic E-state index is 0.00251. The monoisotopic (exact) mass is 347 g/mol. The number of fused-ring (bicyclic) bond motifs is 1. The first kappa shape index (κ1) is 17.4. The molecule has 0 aromatic carbocycles. The van der Waals surface area contributed by atoms with Crippen LogP contribution in [0.3, 0.4) is 0 Å². The third-order valence-electron chi connectivity index (χ3n) is 4.86. The van der Waals surface area contributed by atoms with Crippen molar-refractivity contribution in [3.05, 3.63) is 16.0 Å². The Labute approximate surface area is 147 Å². The molecule has 1 N–H and O–H groups in total. The highest BCUT2D eigenvalue weighted by Gasteiger charge is 2.25. The van der Waals surface area contributed by atoms with Gasteiger partial charge in [0.25, 0.3) is 0 Å². The molecule has 3 rings (SSSR count).